The van der Waals surface area contributed by atoms with E-state index in [1.165, 1.54) is 11.8 Å². The Balaban J connectivity index is 1.49. The topological polar surface area (TPSA) is 76.7 Å². The van der Waals surface area contributed by atoms with Crippen molar-refractivity contribution >= 4 is 28.4 Å². The molecule has 6 nitrogen and oxygen atoms in total. The Morgan fingerprint density at radius 1 is 1.32 bits per heavy atom. The number of aromatic nitrogens is 4. The van der Waals surface area contributed by atoms with Crippen LogP contribution in [-0.2, 0) is 6.54 Å². The molecule has 1 N–H and O–H groups in total. The number of aromatic amines is 1. The van der Waals surface area contributed by atoms with Crippen molar-refractivity contribution in [1.82, 2.24) is 19.7 Å². The molecular weight excluding hydrogens is 372 g/mol. The summed E-state index contributed by atoms with van der Waals surface area (Å²) in [6.45, 7) is 8.41. The van der Waals surface area contributed by atoms with Gasteiger partial charge in [0.15, 0.2) is 5.78 Å². The molecule has 3 aromatic heterocycles. The maximum absolute atomic E-state index is 12.7. The molecule has 0 aliphatic heterocycles. The molecule has 28 heavy (non-hydrogen) atoms. The lowest BCUT2D eigenvalue weighted by atomic mass is 10.2. The largest absolute Gasteiger partial charge is 0.411 e. The molecule has 0 bridgehead atoms. The van der Waals surface area contributed by atoms with Gasteiger partial charge in [0.2, 0.25) is 0 Å². The quantitative estimate of drug-likeness (QED) is 0.278. The molecule has 0 atom stereocenters. The zero-order valence-electron chi connectivity index (χ0n) is 15.7. The van der Waals surface area contributed by atoms with Crippen molar-refractivity contribution in [2.75, 3.05) is 5.75 Å². The molecular formula is C21H20N4O2S. The average Bonchev–Trinajstić information content (AvgIpc) is 3.40. The Bertz CT molecular complexity index is 1170. The zero-order valence-corrected chi connectivity index (χ0v) is 16.5. The van der Waals surface area contributed by atoms with Gasteiger partial charge in [-0.3, -0.25) is 4.79 Å². The van der Waals surface area contributed by atoms with Gasteiger partial charge in [0.1, 0.15) is 0 Å². The first-order chi connectivity index (χ1) is 13.6. The van der Waals surface area contributed by atoms with Crippen molar-refractivity contribution < 1.29 is 9.21 Å². The number of aryl methyl sites for hydroxylation is 1. The molecule has 0 spiro atoms. The molecule has 142 valence electrons. The van der Waals surface area contributed by atoms with E-state index < -0.39 is 0 Å². The first kappa shape index (κ1) is 18.3. The lowest BCUT2D eigenvalue weighted by Crippen LogP contribution is -2.06. The minimum atomic E-state index is 0.0419. The van der Waals surface area contributed by atoms with E-state index in [2.05, 4.69) is 26.3 Å². The summed E-state index contributed by atoms with van der Waals surface area (Å²) in [7, 11) is 0. The van der Waals surface area contributed by atoms with Gasteiger partial charge in [-0.05, 0) is 26.0 Å². The minimum absolute atomic E-state index is 0.0419. The van der Waals surface area contributed by atoms with Crippen molar-refractivity contribution in [2.24, 2.45) is 0 Å². The van der Waals surface area contributed by atoms with Gasteiger partial charge in [0.05, 0.1) is 11.3 Å². The van der Waals surface area contributed by atoms with Crippen LogP contribution in [0.15, 0.2) is 58.8 Å². The lowest BCUT2D eigenvalue weighted by Gasteiger charge is -2.05. The fourth-order valence-electron chi connectivity index (χ4n) is 3.32. The molecule has 0 aliphatic rings. The molecule has 4 rings (SSSR count). The Hall–Kier alpha value is -3.06. The maximum atomic E-state index is 12.7. The SMILES string of the molecule is C=CCn1c(C)cc(C(=O)CSc2nnc(-c3c[nH]c4ccccc34)o2)c1C. The first-order valence-corrected chi connectivity index (χ1v) is 9.90. The number of thioether (sulfide) groups is 1. The summed E-state index contributed by atoms with van der Waals surface area (Å²) >= 11 is 1.25. The van der Waals surface area contributed by atoms with Crippen molar-refractivity contribution in [1.29, 1.82) is 0 Å². The number of carbonyl (C=O) groups is 1. The van der Waals surface area contributed by atoms with E-state index in [1.54, 1.807) is 0 Å². The number of nitrogens with one attached hydrogen (secondary N) is 1. The number of carbonyl (C=O) groups excluding carboxylic acids is 1. The number of nitrogens with zero attached hydrogens (tertiary/aromatic N) is 3. The Labute approximate surface area is 166 Å². The fourth-order valence-corrected chi connectivity index (χ4v) is 3.97. The van der Waals surface area contributed by atoms with Gasteiger partial charge < -0.3 is 14.0 Å². The molecule has 0 fully saturated rings. The van der Waals surface area contributed by atoms with Gasteiger partial charge in [-0.2, -0.15) is 0 Å². The Morgan fingerprint density at radius 2 is 2.14 bits per heavy atom. The van der Waals surface area contributed by atoms with Crippen LogP contribution < -0.4 is 0 Å². The summed E-state index contributed by atoms with van der Waals surface area (Å²) in [6, 6.07) is 9.85. The van der Waals surface area contributed by atoms with E-state index in [-0.39, 0.29) is 11.5 Å². The van der Waals surface area contributed by atoms with E-state index >= 15 is 0 Å². The van der Waals surface area contributed by atoms with Crippen molar-refractivity contribution in [2.45, 2.75) is 25.6 Å². The highest BCUT2D eigenvalue weighted by atomic mass is 32.2. The monoisotopic (exact) mass is 392 g/mol. The summed E-state index contributed by atoms with van der Waals surface area (Å²) in [5, 5.41) is 9.62. The number of benzene rings is 1. The smallest absolute Gasteiger partial charge is 0.277 e. The van der Waals surface area contributed by atoms with Crippen molar-refractivity contribution in [3.8, 4) is 11.5 Å². The molecule has 0 saturated carbocycles. The van der Waals surface area contributed by atoms with Crippen molar-refractivity contribution in [3.05, 3.63) is 66.1 Å². The number of H-pyrrole nitrogens is 1. The van der Waals surface area contributed by atoms with Crippen molar-refractivity contribution in [3.63, 3.8) is 0 Å². The molecule has 0 aliphatic carbocycles. The number of para-hydroxylation sites is 1. The van der Waals surface area contributed by atoms with Crippen LogP contribution in [0.1, 0.15) is 21.7 Å². The maximum Gasteiger partial charge on any atom is 0.277 e. The van der Waals surface area contributed by atoms with Gasteiger partial charge in [-0.1, -0.05) is 36.0 Å². The normalized spacial score (nSPS) is 11.2. The van der Waals surface area contributed by atoms with E-state index in [4.69, 9.17) is 4.42 Å². The Morgan fingerprint density at radius 3 is 2.96 bits per heavy atom. The molecule has 3 heterocycles. The van der Waals surface area contributed by atoms with E-state index in [0.717, 1.165) is 33.4 Å². The molecule has 7 heteroatoms. The number of allylic oxidation sites excluding steroid dienone is 1. The molecule has 0 unspecified atom stereocenters. The highest BCUT2D eigenvalue weighted by Gasteiger charge is 2.18. The number of hydrogen-bond donors (Lipinski definition) is 1. The lowest BCUT2D eigenvalue weighted by molar-refractivity contribution is 0.102. The van der Waals surface area contributed by atoms with Crippen LogP contribution >= 0.6 is 11.8 Å². The van der Waals surface area contributed by atoms with Crippen LogP contribution in [-0.4, -0.2) is 31.3 Å². The third-order valence-electron chi connectivity index (χ3n) is 4.74. The van der Waals surface area contributed by atoms with Gasteiger partial charge in [-0.25, -0.2) is 0 Å². The number of Topliss-reactive ketones (excluding diaryl/α,β-unsaturated/α-hetero) is 1. The van der Waals surface area contributed by atoms with Crippen LogP contribution in [0.4, 0.5) is 0 Å². The summed E-state index contributed by atoms with van der Waals surface area (Å²) in [5.74, 6) is 0.727. The van der Waals surface area contributed by atoms with E-state index in [0.29, 0.717) is 17.7 Å². The van der Waals surface area contributed by atoms with E-state index in [9.17, 15) is 4.79 Å². The number of ketones is 1. The molecule has 1 aromatic carbocycles. The highest BCUT2D eigenvalue weighted by molar-refractivity contribution is 7.99. The molecule has 0 saturated heterocycles. The number of hydrogen-bond acceptors (Lipinski definition) is 5. The first-order valence-electron chi connectivity index (χ1n) is 8.92. The highest BCUT2D eigenvalue weighted by Crippen LogP contribution is 2.30. The molecule has 4 aromatic rings. The van der Waals surface area contributed by atoms with Gasteiger partial charge in [0.25, 0.3) is 11.1 Å². The van der Waals surface area contributed by atoms with Crippen LogP contribution in [0.25, 0.3) is 22.4 Å². The number of fused-ring (bicyclic) bond motifs is 1. The van der Waals surface area contributed by atoms with Crippen LogP contribution in [0, 0.1) is 13.8 Å². The van der Waals surface area contributed by atoms with Crippen LogP contribution in [0.5, 0.6) is 0 Å². The third-order valence-corrected chi connectivity index (χ3v) is 5.56. The predicted molar refractivity (Wildman–Crippen MR) is 111 cm³/mol. The standard InChI is InChI=1S/C21H20N4O2S/c1-4-9-25-13(2)10-16(14(25)3)19(26)12-28-21-24-23-20(27-21)17-11-22-18-8-6-5-7-15(17)18/h4-8,10-11,22H,1,9,12H2,2-3H3. The van der Waals surface area contributed by atoms with E-state index in [1.807, 2.05) is 56.5 Å². The molecule has 0 radical (unpaired) electrons. The Kier molecular flexibility index (Phi) is 4.92. The molecule has 0 amide bonds. The summed E-state index contributed by atoms with van der Waals surface area (Å²) in [4.78, 5) is 15.9. The van der Waals surface area contributed by atoms with Crippen LogP contribution in [0.3, 0.4) is 0 Å². The minimum Gasteiger partial charge on any atom is -0.411 e. The second kappa shape index (κ2) is 7.52. The summed E-state index contributed by atoms with van der Waals surface area (Å²) < 4.78 is 7.85. The van der Waals surface area contributed by atoms with Gasteiger partial charge in [0, 0.05) is 40.6 Å². The third kappa shape index (κ3) is 3.29. The van der Waals surface area contributed by atoms with Gasteiger partial charge >= 0.3 is 0 Å². The number of rotatable bonds is 7. The second-order valence-electron chi connectivity index (χ2n) is 6.52. The summed E-state index contributed by atoms with van der Waals surface area (Å²) in [6.07, 6.45) is 3.68. The zero-order chi connectivity index (χ0) is 19.7. The second-order valence-corrected chi connectivity index (χ2v) is 7.44. The average molecular weight is 392 g/mol. The summed E-state index contributed by atoms with van der Waals surface area (Å²) in [5.41, 5.74) is 4.59. The van der Waals surface area contributed by atoms with Gasteiger partial charge in [-0.15, -0.1) is 16.8 Å². The fraction of sp³-hybridized carbons (Fsp3) is 0.190. The van der Waals surface area contributed by atoms with Crippen LogP contribution in [0.2, 0.25) is 0 Å². The predicted octanol–water partition coefficient (Wildman–Crippen LogP) is 4.80.